The van der Waals surface area contributed by atoms with Gasteiger partial charge < -0.3 is 30.2 Å². The monoisotopic (exact) mass is 445 g/mol. The van der Waals surface area contributed by atoms with Crippen molar-refractivity contribution in [2.24, 2.45) is 0 Å². The highest BCUT2D eigenvalue weighted by atomic mass is 16.8. The summed E-state index contributed by atoms with van der Waals surface area (Å²) in [5, 5.41) is 35.2. The van der Waals surface area contributed by atoms with E-state index in [1.54, 1.807) is 6.07 Å². The maximum Gasteiger partial charge on any atom is 0.511 e. The number of hydrogen-bond acceptors (Lipinski definition) is 10. The molecule has 11 heteroatoms. The van der Waals surface area contributed by atoms with Gasteiger partial charge in [0, 0.05) is 0 Å². The Morgan fingerprint density at radius 3 is 2.66 bits per heavy atom. The highest BCUT2D eigenvalue weighted by Gasteiger charge is 2.59. The predicted octanol–water partition coefficient (Wildman–Crippen LogP) is 1.76. The van der Waals surface area contributed by atoms with Gasteiger partial charge in [-0.3, -0.25) is 0 Å². The minimum atomic E-state index is -2.05. The lowest BCUT2D eigenvalue weighted by Gasteiger charge is -2.31. The van der Waals surface area contributed by atoms with E-state index in [4.69, 9.17) is 19.9 Å². The summed E-state index contributed by atoms with van der Waals surface area (Å²) in [6, 6.07) is 4.93. The first-order chi connectivity index (χ1) is 15.3. The molecule has 4 atom stereocenters. The van der Waals surface area contributed by atoms with Crippen molar-refractivity contribution in [3.8, 4) is 6.07 Å². The molecule has 2 fully saturated rings. The zero-order chi connectivity index (χ0) is 22.9. The summed E-state index contributed by atoms with van der Waals surface area (Å²) in [4.78, 5) is 16.4. The number of fused-ring (bicyclic) bond motifs is 1. The molecule has 4 rings (SSSR count). The number of aliphatic hydroxyl groups excluding tert-OH is 2. The molecule has 2 aromatic rings. The van der Waals surface area contributed by atoms with Gasteiger partial charge in [-0.2, -0.15) is 10.4 Å². The van der Waals surface area contributed by atoms with Crippen LogP contribution in [0.2, 0.25) is 0 Å². The number of nitrogens with two attached hydrogens (primary N) is 1. The fraction of sp³-hybridized carbons (Fsp3) is 0.619. The number of carbonyl (C=O) groups is 1. The summed E-state index contributed by atoms with van der Waals surface area (Å²) in [6.45, 7) is 1.86. The number of hydrogen-bond donors (Lipinski definition) is 3. The van der Waals surface area contributed by atoms with E-state index in [1.165, 1.54) is 23.3 Å². The number of rotatable bonds is 3. The highest BCUT2D eigenvalue weighted by molar-refractivity contribution is 5.66. The van der Waals surface area contributed by atoms with E-state index in [9.17, 15) is 20.3 Å². The van der Waals surface area contributed by atoms with Gasteiger partial charge in [0.1, 0.15) is 35.7 Å². The maximum absolute atomic E-state index is 12.5. The number of nitrogen functional groups attached to an aromatic ring is 1. The highest BCUT2D eigenvalue weighted by Crippen LogP contribution is 2.41. The molecule has 0 spiro atoms. The first-order valence-corrected chi connectivity index (χ1v) is 10.7. The van der Waals surface area contributed by atoms with Crippen LogP contribution >= 0.6 is 0 Å². The van der Waals surface area contributed by atoms with Crippen molar-refractivity contribution in [1.82, 2.24) is 14.6 Å². The molecule has 1 saturated heterocycles. The fourth-order valence-corrected chi connectivity index (χ4v) is 4.48. The molecule has 1 aliphatic carbocycles. The average molecular weight is 445 g/mol. The molecule has 172 valence electrons. The maximum atomic E-state index is 12.5. The van der Waals surface area contributed by atoms with Crippen molar-refractivity contribution in [2.45, 2.75) is 81.6 Å². The number of aromatic nitrogens is 3. The number of aliphatic hydroxyl groups is 2. The standard InChI is InChI=1S/C21H27N5O6/c1-20(9-5-3-2-4-6-10-20)32-19(29)30-18-15(27)16(28)21(11-22,31-18)14-8-7-13-17(23)24-12-25-26(13)14/h7-8,12,15-16,18,27-28H,2-6,9-10H2,1H3,(H2,23,24,25)/t15-,16+,18-,21-/m0/s1. The Morgan fingerprint density at radius 2 is 1.97 bits per heavy atom. The molecule has 0 amide bonds. The van der Waals surface area contributed by atoms with E-state index in [0.717, 1.165) is 25.7 Å². The molecule has 2 aromatic heterocycles. The summed E-state index contributed by atoms with van der Waals surface area (Å²) in [6.07, 6.45) is 1.76. The Labute approximate surface area is 184 Å². The third kappa shape index (κ3) is 3.85. The van der Waals surface area contributed by atoms with E-state index in [1.807, 2.05) is 13.0 Å². The minimum Gasteiger partial charge on any atom is -0.428 e. The molecule has 0 bridgehead atoms. The quantitative estimate of drug-likeness (QED) is 0.593. The minimum absolute atomic E-state index is 0.113. The van der Waals surface area contributed by atoms with Gasteiger partial charge in [0.15, 0.2) is 5.82 Å². The van der Waals surface area contributed by atoms with E-state index in [0.29, 0.717) is 18.4 Å². The molecular formula is C21H27N5O6. The van der Waals surface area contributed by atoms with Crippen molar-refractivity contribution >= 4 is 17.5 Å². The summed E-state index contributed by atoms with van der Waals surface area (Å²) < 4.78 is 17.7. The molecular weight excluding hydrogens is 418 g/mol. The van der Waals surface area contributed by atoms with Crippen molar-refractivity contribution in [1.29, 1.82) is 5.26 Å². The third-order valence-electron chi connectivity index (χ3n) is 6.30. The van der Waals surface area contributed by atoms with Crippen molar-refractivity contribution in [3.05, 3.63) is 24.2 Å². The van der Waals surface area contributed by atoms with Gasteiger partial charge in [0.2, 0.25) is 11.9 Å². The van der Waals surface area contributed by atoms with E-state index < -0.39 is 35.9 Å². The zero-order valence-corrected chi connectivity index (χ0v) is 17.8. The van der Waals surface area contributed by atoms with Crippen molar-refractivity contribution < 1.29 is 29.2 Å². The van der Waals surface area contributed by atoms with Gasteiger partial charge in [0.05, 0.1) is 5.69 Å². The largest absolute Gasteiger partial charge is 0.511 e. The molecule has 0 aromatic carbocycles. The second-order valence-corrected chi connectivity index (χ2v) is 8.62. The summed E-state index contributed by atoms with van der Waals surface area (Å²) in [5.74, 6) is 0.163. The zero-order valence-electron chi connectivity index (χ0n) is 17.8. The van der Waals surface area contributed by atoms with E-state index in [2.05, 4.69) is 10.1 Å². The lowest BCUT2D eigenvalue weighted by atomic mass is 9.88. The molecule has 3 heterocycles. The number of ether oxygens (including phenoxy) is 3. The van der Waals surface area contributed by atoms with Gasteiger partial charge >= 0.3 is 6.16 Å². The van der Waals surface area contributed by atoms with Crippen LogP contribution in [0.3, 0.4) is 0 Å². The lowest BCUT2D eigenvalue weighted by Crippen LogP contribution is -2.41. The van der Waals surface area contributed by atoms with Crippen LogP contribution < -0.4 is 5.73 Å². The normalized spacial score (nSPS) is 30.2. The topological polar surface area (TPSA) is 165 Å². The predicted molar refractivity (Wildman–Crippen MR) is 110 cm³/mol. The van der Waals surface area contributed by atoms with Crippen LogP contribution in [0, 0.1) is 11.3 Å². The Balaban J connectivity index is 1.53. The van der Waals surface area contributed by atoms with Gasteiger partial charge in [0.25, 0.3) is 0 Å². The van der Waals surface area contributed by atoms with Crippen LogP contribution in [0.4, 0.5) is 10.6 Å². The van der Waals surface area contributed by atoms with Gasteiger partial charge in [-0.05, 0) is 44.7 Å². The second kappa shape index (κ2) is 8.54. The van der Waals surface area contributed by atoms with Crippen LogP contribution in [0.1, 0.15) is 57.6 Å². The van der Waals surface area contributed by atoms with Crippen LogP contribution in [0.15, 0.2) is 18.5 Å². The molecule has 11 nitrogen and oxygen atoms in total. The van der Waals surface area contributed by atoms with Crippen LogP contribution in [-0.2, 0) is 19.8 Å². The molecule has 1 aliphatic heterocycles. The Hall–Kier alpha value is -2.94. The third-order valence-corrected chi connectivity index (χ3v) is 6.30. The lowest BCUT2D eigenvalue weighted by molar-refractivity contribution is -0.172. The van der Waals surface area contributed by atoms with Gasteiger partial charge in [-0.1, -0.05) is 19.3 Å². The van der Waals surface area contributed by atoms with Crippen molar-refractivity contribution in [2.75, 3.05) is 5.73 Å². The van der Waals surface area contributed by atoms with Gasteiger partial charge in [-0.25, -0.2) is 14.3 Å². The van der Waals surface area contributed by atoms with E-state index in [-0.39, 0.29) is 11.5 Å². The number of nitrogens with zero attached hydrogens (tertiary/aromatic N) is 4. The fourth-order valence-electron chi connectivity index (χ4n) is 4.48. The molecule has 0 unspecified atom stereocenters. The summed E-state index contributed by atoms with van der Waals surface area (Å²) in [5.41, 5.74) is 3.61. The Bertz CT molecular complexity index is 1030. The first kappa shape index (κ1) is 22.3. The summed E-state index contributed by atoms with van der Waals surface area (Å²) >= 11 is 0. The number of anilines is 1. The Morgan fingerprint density at radius 1 is 1.28 bits per heavy atom. The molecule has 2 aliphatic rings. The van der Waals surface area contributed by atoms with Crippen LogP contribution in [0.5, 0.6) is 0 Å². The summed E-state index contributed by atoms with van der Waals surface area (Å²) in [7, 11) is 0. The average Bonchev–Trinajstić information content (AvgIpc) is 3.28. The molecule has 32 heavy (non-hydrogen) atoms. The number of nitriles is 1. The SMILES string of the molecule is CC1(OC(=O)O[C@H]2O[C@@](C#N)(c3ccc4c(N)ncnn34)[C@H](O)[C@@H]2O)CCCCCCC1. The van der Waals surface area contributed by atoms with E-state index >= 15 is 0 Å². The van der Waals surface area contributed by atoms with Crippen LogP contribution in [-0.4, -0.2) is 55.1 Å². The second-order valence-electron chi connectivity index (χ2n) is 8.62. The Kier molecular flexibility index (Phi) is 5.94. The van der Waals surface area contributed by atoms with Crippen LogP contribution in [0.25, 0.3) is 5.52 Å². The smallest absolute Gasteiger partial charge is 0.428 e. The molecule has 1 saturated carbocycles. The molecule has 0 radical (unpaired) electrons. The number of carbonyl (C=O) groups excluding carboxylic acids is 1. The van der Waals surface area contributed by atoms with Gasteiger partial charge in [-0.15, -0.1) is 0 Å². The first-order valence-electron chi connectivity index (χ1n) is 10.7. The molecule has 4 N–H and O–H groups in total. The van der Waals surface area contributed by atoms with Crippen molar-refractivity contribution in [3.63, 3.8) is 0 Å².